The van der Waals surface area contributed by atoms with Crippen molar-refractivity contribution in [1.82, 2.24) is 9.80 Å². The van der Waals surface area contributed by atoms with Gasteiger partial charge in [0.2, 0.25) is 0 Å². The van der Waals surface area contributed by atoms with Crippen molar-refractivity contribution < 1.29 is 14.3 Å². The molecule has 2 aliphatic heterocycles. The molecule has 1 amide bonds. The van der Waals surface area contributed by atoms with E-state index < -0.39 is 0 Å². The Morgan fingerprint density at radius 1 is 1.03 bits per heavy atom. The maximum Gasteiger partial charge on any atom is 0.257 e. The van der Waals surface area contributed by atoms with Crippen LogP contribution in [-0.4, -0.2) is 54.3 Å². The maximum absolute atomic E-state index is 13.3. The van der Waals surface area contributed by atoms with Gasteiger partial charge in [0.25, 0.3) is 5.91 Å². The van der Waals surface area contributed by atoms with Gasteiger partial charge in [0.05, 0.1) is 18.2 Å². The van der Waals surface area contributed by atoms with Crippen molar-refractivity contribution >= 4 is 17.4 Å². The molecule has 3 aromatic carbocycles. The van der Waals surface area contributed by atoms with Gasteiger partial charge in [-0.2, -0.15) is 0 Å². The van der Waals surface area contributed by atoms with E-state index in [4.69, 9.17) is 14.5 Å². The van der Waals surface area contributed by atoms with Crippen molar-refractivity contribution in [2.45, 2.75) is 19.9 Å². The summed E-state index contributed by atoms with van der Waals surface area (Å²) in [6.07, 6.45) is 0. The number of hydrogen-bond acceptors (Lipinski definition) is 5. The first-order valence-corrected chi connectivity index (χ1v) is 11.2. The summed E-state index contributed by atoms with van der Waals surface area (Å²) in [6, 6.07) is 21.5. The Bertz CT molecular complexity index is 1240. The predicted octanol–water partition coefficient (Wildman–Crippen LogP) is 5.03. The zero-order valence-electron chi connectivity index (χ0n) is 19.1. The minimum absolute atomic E-state index is 0.00711. The summed E-state index contributed by atoms with van der Waals surface area (Å²) in [5, 5.41) is 0. The fourth-order valence-corrected chi connectivity index (χ4v) is 4.50. The molecule has 0 saturated carbocycles. The number of aliphatic imine (C=N–C) groups is 1. The van der Waals surface area contributed by atoms with Crippen LogP contribution in [0.1, 0.15) is 28.4 Å². The number of nitrogens with zero attached hydrogens (tertiary/aromatic N) is 3. The van der Waals surface area contributed by atoms with Gasteiger partial charge in [-0.25, -0.2) is 4.99 Å². The van der Waals surface area contributed by atoms with E-state index in [0.717, 1.165) is 34.1 Å². The Morgan fingerprint density at radius 3 is 2.64 bits per heavy atom. The van der Waals surface area contributed by atoms with Gasteiger partial charge < -0.3 is 19.3 Å². The molecule has 6 nitrogen and oxygen atoms in total. The lowest BCUT2D eigenvalue weighted by Gasteiger charge is -2.41. The lowest BCUT2D eigenvalue weighted by atomic mass is 10.1. The minimum Gasteiger partial charge on any atom is -0.496 e. The molecule has 2 aliphatic rings. The quantitative estimate of drug-likeness (QED) is 0.560. The number of aryl methyl sites for hydroxylation is 1. The van der Waals surface area contributed by atoms with Crippen molar-refractivity contribution in [3.05, 3.63) is 83.4 Å². The van der Waals surface area contributed by atoms with Crippen LogP contribution in [0.2, 0.25) is 0 Å². The third kappa shape index (κ3) is 3.93. The van der Waals surface area contributed by atoms with E-state index in [1.54, 1.807) is 7.11 Å². The lowest BCUT2D eigenvalue weighted by molar-refractivity contribution is 0.0578. The minimum atomic E-state index is -0.00744. The van der Waals surface area contributed by atoms with Gasteiger partial charge in [-0.15, -0.1) is 0 Å². The summed E-state index contributed by atoms with van der Waals surface area (Å²) < 4.78 is 11.7. The fraction of sp³-hybridized carbons (Fsp3) is 0.259. The number of methoxy groups -OCH3 is 1. The van der Waals surface area contributed by atoms with E-state index in [1.165, 1.54) is 0 Å². The highest BCUT2D eigenvalue weighted by Gasteiger charge is 2.32. The monoisotopic (exact) mass is 441 g/mol. The number of piperazine rings is 1. The second-order valence-corrected chi connectivity index (χ2v) is 8.50. The van der Waals surface area contributed by atoms with Crippen molar-refractivity contribution in [3.63, 3.8) is 0 Å². The molecule has 2 heterocycles. The summed E-state index contributed by atoms with van der Waals surface area (Å²) in [6.45, 7) is 6.08. The normalized spacial score (nSPS) is 17.3. The Labute approximate surface area is 194 Å². The van der Waals surface area contributed by atoms with Crippen LogP contribution in [0.5, 0.6) is 17.2 Å². The van der Waals surface area contributed by atoms with Gasteiger partial charge in [0, 0.05) is 25.7 Å². The topological polar surface area (TPSA) is 54.4 Å². The number of para-hydroxylation sites is 2. The summed E-state index contributed by atoms with van der Waals surface area (Å²) in [5.74, 6) is 3.02. The van der Waals surface area contributed by atoms with Crippen molar-refractivity contribution in [1.29, 1.82) is 0 Å². The molecule has 1 atom stereocenters. The van der Waals surface area contributed by atoms with Crippen molar-refractivity contribution in [2.75, 3.05) is 26.7 Å². The molecular weight excluding hydrogens is 414 g/mol. The van der Waals surface area contributed by atoms with Crippen LogP contribution >= 0.6 is 0 Å². The van der Waals surface area contributed by atoms with Crippen LogP contribution < -0.4 is 9.47 Å². The van der Waals surface area contributed by atoms with Crippen molar-refractivity contribution in [3.8, 4) is 17.2 Å². The molecule has 6 heteroatoms. The third-order valence-electron chi connectivity index (χ3n) is 6.21. The third-order valence-corrected chi connectivity index (χ3v) is 6.21. The van der Waals surface area contributed by atoms with Crippen molar-refractivity contribution in [2.24, 2.45) is 4.99 Å². The zero-order chi connectivity index (χ0) is 22.9. The average Bonchev–Trinajstić information content (AvgIpc) is 3.00. The van der Waals surface area contributed by atoms with Gasteiger partial charge in [0.15, 0.2) is 5.75 Å². The number of benzene rings is 3. The highest BCUT2D eigenvalue weighted by atomic mass is 16.5. The predicted molar refractivity (Wildman–Crippen MR) is 129 cm³/mol. The molecule has 0 N–H and O–H groups in total. The molecule has 0 aromatic heterocycles. The first kappa shape index (κ1) is 21.1. The van der Waals surface area contributed by atoms with Crippen LogP contribution in [0.3, 0.4) is 0 Å². The smallest absolute Gasteiger partial charge is 0.257 e. The molecule has 1 fully saturated rings. The highest BCUT2D eigenvalue weighted by molar-refractivity contribution is 6.04. The second kappa shape index (κ2) is 8.62. The Kier molecular flexibility index (Phi) is 5.50. The van der Waals surface area contributed by atoms with Gasteiger partial charge in [0.1, 0.15) is 23.0 Å². The van der Waals surface area contributed by atoms with Gasteiger partial charge in [-0.05, 0) is 55.8 Å². The Hall–Kier alpha value is -3.80. The number of hydrogen-bond donors (Lipinski definition) is 0. The molecule has 0 aliphatic carbocycles. The van der Waals surface area contributed by atoms with E-state index in [0.29, 0.717) is 30.9 Å². The summed E-state index contributed by atoms with van der Waals surface area (Å²) in [5.41, 5.74) is 3.49. The zero-order valence-corrected chi connectivity index (χ0v) is 19.1. The Morgan fingerprint density at radius 2 is 1.82 bits per heavy atom. The molecule has 5 rings (SSSR count). The Balaban J connectivity index is 1.45. The molecule has 33 heavy (non-hydrogen) atoms. The molecule has 0 radical (unpaired) electrons. The first-order valence-electron chi connectivity index (χ1n) is 11.2. The van der Waals surface area contributed by atoms with Gasteiger partial charge in [-0.1, -0.05) is 30.3 Å². The lowest BCUT2D eigenvalue weighted by Crippen LogP contribution is -2.55. The van der Waals surface area contributed by atoms with E-state index >= 15 is 0 Å². The molecule has 168 valence electrons. The van der Waals surface area contributed by atoms with Crippen LogP contribution in [0, 0.1) is 6.92 Å². The first-order chi connectivity index (χ1) is 16.0. The molecule has 1 saturated heterocycles. The second-order valence-electron chi connectivity index (χ2n) is 8.50. The highest BCUT2D eigenvalue weighted by Crippen LogP contribution is 2.39. The number of amidine groups is 1. The van der Waals surface area contributed by atoms with Crippen LogP contribution in [0.4, 0.5) is 5.69 Å². The van der Waals surface area contributed by atoms with Gasteiger partial charge in [-0.3, -0.25) is 4.79 Å². The number of carbonyl (C=O) groups excluding carboxylic acids is 1. The molecular formula is C27H27N3O3. The van der Waals surface area contributed by atoms with Crippen LogP contribution in [0.25, 0.3) is 0 Å². The van der Waals surface area contributed by atoms with Crippen LogP contribution in [0.15, 0.2) is 71.7 Å². The largest absolute Gasteiger partial charge is 0.496 e. The van der Waals surface area contributed by atoms with E-state index in [1.807, 2.05) is 78.6 Å². The standard InChI is InChI=1S/C27H27N3O3/c1-18-12-13-22-25(16-18)33-24-11-7-4-8-20(24)26(28-22)29-14-15-30(19(2)17-29)27(31)21-9-5-6-10-23(21)32-3/h4-13,16,19H,14-15,17H2,1-3H3/t19-/m0/s1. The number of ether oxygens (including phenoxy) is 2. The van der Waals surface area contributed by atoms with Gasteiger partial charge >= 0.3 is 0 Å². The van der Waals surface area contributed by atoms with Crippen LogP contribution in [-0.2, 0) is 0 Å². The fourth-order valence-electron chi connectivity index (χ4n) is 4.50. The van der Waals surface area contributed by atoms with E-state index in [-0.39, 0.29) is 11.9 Å². The summed E-state index contributed by atoms with van der Waals surface area (Å²) in [4.78, 5) is 22.5. The molecule has 3 aromatic rings. The van der Waals surface area contributed by atoms with E-state index in [2.05, 4.69) is 11.8 Å². The summed E-state index contributed by atoms with van der Waals surface area (Å²) >= 11 is 0. The molecule has 0 unspecified atom stereocenters. The number of amides is 1. The van der Waals surface area contributed by atoms with E-state index in [9.17, 15) is 4.79 Å². The molecule has 0 bridgehead atoms. The SMILES string of the molecule is COc1ccccc1C(=O)N1CCN(C2=Nc3ccc(C)cc3Oc3ccccc32)C[C@@H]1C. The number of rotatable bonds is 2. The maximum atomic E-state index is 13.3. The molecule has 0 spiro atoms. The number of fused-ring (bicyclic) bond motifs is 2. The number of carbonyl (C=O) groups is 1. The average molecular weight is 442 g/mol. The summed E-state index contributed by atoms with van der Waals surface area (Å²) in [7, 11) is 1.59.